The molecule has 2 aliphatic heterocycles. The van der Waals surface area contributed by atoms with Crippen LogP contribution in [0.5, 0.6) is 5.75 Å². The van der Waals surface area contributed by atoms with Crippen molar-refractivity contribution < 1.29 is 14.6 Å². The van der Waals surface area contributed by atoms with E-state index in [9.17, 15) is 4.79 Å². The maximum Gasteiger partial charge on any atom is 0.222 e. The summed E-state index contributed by atoms with van der Waals surface area (Å²) in [6, 6.07) is 8.67. The third-order valence-corrected chi connectivity index (χ3v) is 6.14. The highest BCUT2D eigenvalue weighted by Gasteiger charge is 2.45. The van der Waals surface area contributed by atoms with Gasteiger partial charge in [0.25, 0.3) is 0 Å². The van der Waals surface area contributed by atoms with E-state index in [1.807, 2.05) is 12.1 Å². The molecule has 2 saturated heterocycles. The Bertz CT molecular complexity index is 646. The van der Waals surface area contributed by atoms with Gasteiger partial charge in [0, 0.05) is 43.1 Å². The number of carbonyl (C=O) groups is 1. The van der Waals surface area contributed by atoms with Gasteiger partial charge in [0.15, 0.2) is 0 Å². The molecule has 1 aromatic carbocycles. The Morgan fingerprint density at radius 3 is 2.85 bits per heavy atom. The first kappa shape index (κ1) is 17.8. The number of hydrogen-bond donors (Lipinski definition) is 1. The Morgan fingerprint density at radius 2 is 2.04 bits per heavy atom. The number of aliphatic hydroxyl groups is 1. The standard InChI is InChI=1S/C21H30N2O3/c24-12-13-26-19-5-2-1-4-17(19)14-22-11-3-9-21(15-22)10-8-20(25)23(16-21)18-6-7-18/h1-2,4-5,18,24H,3,6-16H2/t21-/m0/s1. The molecule has 26 heavy (non-hydrogen) atoms. The number of carbonyl (C=O) groups excluding carboxylic acids is 1. The summed E-state index contributed by atoms with van der Waals surface area (Å²) in [5.74, 6) is 1.25. The maximum absolute atomic E-state index is 12.3. The van der Waals surface area contributed by atoms with E-state index in [-0.39, 0.29) is 12.0 Å². The Labute approximate surface area is 155 Å². The van der Waals surface area contributed by atoms with E-state index in [4.69, 9.17) is 9.84 Å². The number of likely N-dealkylation sites (tertiary alicyclic amines) is 2. The summed E-state index contributed by atoms with van der Waals surface area (Å²) in [7, 11) is 0. The first-order valence-corrected chi connectivity index (χ1v) is 10.0. The minimum atomic E-state index is 0.0339. The van der Waals surface area contributed by atoms with Crippen molar-refractivity contribution in [3.63, 3.8) is 0 Å². The molecule has 1 saturated carbocycles. The fraction of sp³-hybridized carbons (Fsp3) is 0.667. The Kier molecular flexibility index (Phi) is 5.18. The molecule has 1 N–H and O–H groups in total. The third-order valence-electron chi connectivity index (χ3n) is 6.14. The van der Waals surface area contributed by atoms with Crippen LogP contribution in [0.25, 0.3) is 0 Å². The minimum absolute atomic E-state index is 0.0339. The summed E-state index contributed by atoms with van der Waals surface area (Å²) in [6.45, 7) is 4.37. The van der Waals surface area contributed by atoms with Crippen molar-refractivity contribution in [1.82, 2.24) is 9.80 Å². The SMILES string of the molecule is O=C1CC[C@]2(CCCN(Cc3ccccc3OCCO)C2)CN1C1CC1. The number of hydrogen-bond acceptors (Lipinski definition) is 4. The zero-order valence-corrected chi connectivity index (χ0v) is 15.5. The molecular weight excluding hydrogens is 328 g/mol. The second-order valence-electron chi connectivity index (χ2n) is 8.25. The highest BCUT2D eigenvalue weighted by molar-refractivity contribution is 5.78. The molecule has 1 spiro atoms. The summed E-state index contributed by atoms with van der Waals surface area (Å²) >= 11 is 0. The molecule has 142 valence electrons. The van der Waals surface area contributed by atoms with Crippen molar-refractivity contribution in [3.8, 4) is 5.75 Å². The number of benzene rings is 1. The molecule has 0 unspecified atom stereocenters. The molecule has 5 heteroatoms. The van der Waals surface area contributed by atoms with Gasteiger partial charge in [-0.3, -0.25) is 9.69 Å². The topological polar surface area (TPSA) is 53.0 Å². The lowest BCUT2D eigenvalue weighted by Gasteiger charge is -2.48. The number of para-hydroxylation sites is 1. The van der Waals surface area contributed by atoms with E-state index in [0.29, 0.717) is 18.6 Å². The molecule has 1 aromatic rings. The number of ether oxygens (including phenoxy) is 1. The van der Waals surface area contributed by atoms with Crippen LogP contribution in [-0.2, 0) is 11.3 Å². The van der Waals surface area contributed by atoms with Gasteiger partial charge in [-0.2, -0.15) is 0 Å². The van der Waals surface area contributed by atoms with Crippen molar-refractivity contribution in [2.24, 2.45) is 5.41 Å². The molecule has 1 atom stereocenters. The lowest BCUT2D eigenvalue weighted by Crippen LogP contribution is -2.54. The number of aliphatic hydroxyl groups excluding tert-OH is 1. The van der Waals surface area contributed by atoms with Crippen LogP contribution in [0.3, 0.4) is 0 Å². The van der Waals surface area contributed by atoms with Gasteiger partial charge < -0.3 is 14.7 Å². The largest absolute Gasteiger partial charge is 0.491 e. The van der Waals surface area contributed by atoms with E-state index in [1.54, 1.807) is 0 Å². The zero-order chi connectivity index (χ0) is 18.0. The van der Waals surface area contributed by atoms with E-state index in [0.717, 1.165) is 44.8 Å². The highest BCUT2D eigenvalue weighted by atomic mass is 16.5. The molecule has 0 bridgehead atoms. The summed E-state index contributed by atoms with van der Waals surface area (Å²) < 4.78 is 5.71. The van der Waals surface area contributed by atoms with Gasteiger partial charge in [0.2, 0.25) is 5.91 Å². The predicted octanol–water partition coefficient (Wildman–Crippen LogP) is 2.42. The summed E-state index contributed by atoms with van der Waals surface area (Å²) in [5.41, 5.74) is 1.46. The Morgan fingerprint density at radius 1 is 1.19 bits per heavy atom. The quantitative estimate of drug-likeness (QED) is 0.849. The van der Waals surface area contributed by atoms with Gasteiger partial charge >= 0.3 is 0 Å². The summed E-state index contributed by atoms with van der Waals surface area (Å²) in [4.78, 5) is 17.0. The normalized spacial score (nSPS) is 27.1. The maximum atomic E-state index is 12.3. The number of rotatable bonds is 6. The van der Waals surface area contributed by atoms with Gasteiger partial charge in [-0.1, -0.05) is 18.2 Å². The molecule has 1 aliphatic carbocycles. The fourth-order valence-corrected chi connectivity index (χ4v) is 4.71. The number of nitrogens with zero attached hydrogens (tertiary/aromatic N) is 2. The molecule has 3 fully saturated rings. The van der Waals surface area contributed by atoms with Crippen LogP contribution in [0.4, 0.5) is 0 Å². The average molecular weight is 358 g/mol. The van der Waals surface area contributed by atoms with Crippen molar-refractivity contribution >= 4 is 5.91 Å². The number of amides is 1. The Hall–Kier alpha value is -1.59. The lowest BCUT2D eigenvalue weighted by molar-refractivity contribution is -0.140. The van der Waals surface area contributed by atoms with Crippen molar-refractivity contribution in [2.45, 2.75) is 51.1 Å². The van der Waals surface area contributed by atoms with Gasteiger partial charge in [0.1, 0.15) is 12.4 Å². The van der Waals surface area contributed by atoms with Crippen LogP contribution < -0.4 is 4.74 Å². The van der Waals surface area contributed by atoms with Crippen LogP contribution in [0.15, 0.2) is 24.3 Å². The fourth-order valence-electron chi connectivity index (χ4n) is 4.71. The summed E-state index contributed by atoms with van der Waals surface area (Å²) in [5, 5.41) is 9.03. The second kappa shape index (κ2) is 7.57. The van der Waals surface area contributed by atoms with E-state index < -0.39 is 0 Å². The molecule has 4 rings (SSSR count). The van der Waals surface area contributed by atoms with Gasteiger partial charge in [0.05, 0.1) is 6.61 Å². The van der Waals surface area contributed by atoms with Crippen LogP contribution in [0.1, 0.15) is 44.1 Å². The molecule has 0 radical (unpaired) electrons. The van der Waals surface area contributed by atoms with Crippen molar-refractivity contribution in [1.29, 1.82) is 0 Å². The smallest absolute Gasteiger partial charge is 0.222 e. The summed E-state index contributed by atoms with van der Waals surface area (Å²) in [6.07, 6.45) is 6.59. The molecule has 2 heterocycles. The first-order valence-electron chi connectivity index (χ1n) is 10.0. The molecule has 1 amide bonds. The molecule has 5 nitrogen and oxygen atoms in total. The monoisotopic (exact) mass is 358 g/mol. The third kappa shape index (κ3) is 3.89. The van der Waals surface area contributed by atoms with Crippen LogP contribution in [0.2, 0.25) is 0 Å². The molecule has 0 aromatic heterocycles. The van der Waals surface area contributed by atoms with Crippen molar-refractivity contribution in [2.75, 3.05) is 32.8 Å². The minimum Gasteiger partial charge on any atom is -0.491 e. The predicted molar refractivity (Wildman–Crippen MR) is 99.9 cm³/mol. The molecule has 3 aliphatic rings. The van der Waals surface area contributed by atoms with Crippen LogP contribution >= 0.6 is 0 Å². The number of piperidine rings is 2. The van der Waals surface area contributed by atoms with Crippen LogP contribution in [0, 0.1) is 5.41 Å². The van der Waals surface area contributed by atoms with E-state index in [2.05, 4.69) is 21.9 Å². The van der Waals surface area contributed by atoms with E-state index in [1.165, 1.54) is 31.2 Å². The van der Waals surface area contributed by atoms with Gasteiger partial charge in [-0.25, -0.2) is 0 Å². The second-order valence-corrected chi connectivity index (χ2v) is 8.25. The average Bonchev–Trinajstić information content (AvgIpc) is 3.49. The Balaban J connectivity index is 1.43. The van der Waals surface area contributed by atoms with Gasteiger partial charge in [-0.05, 0) is 44.7 Å². The first-order chi connectivity index (χ1) is 12.7. The van der Waals surface area contributed by atoms with E-state index >= 15 is 0 Å². The lowest BCUT2D eigenvalue weighted by atomic mass is 9.73. The highest BCUT2D eigenvalue weighted by Crippen LogP contribution is 2.42. The van der Waals surface area contributed by atoms with Gasteiger partial charge in [-0.15, -0.1) is 0 Å². The molecular formula is C21H30N2O3. The zero-order valence-electron chi connectivity index (χ0n) is 15.5. The van der Waals surface area contributed by atoms with Crippen LogP contribution in [-0.4, -0.2) is 59.7 Å². The van der Waals surface area contributed by atoms with Crippen molar-refractivity contribution in [3.05, 3.63) is 29.8 Å².